The second-order valence-electron chi connectivity index (χ2n) is 5.70. The lowest BCUT2D eigenvalue weighted by molar-refractivity contribution is 0.245. The number of hydrogen-bond acceptors (Lipinski definition) is 3. The van der Waals surface area contributed by atoms with Crippen LogP contribution < -0.4 is 5.73 Å². The average Bonchev–Trinajstić information content (AvgIpc) is 2.50. The molecule has 0 spiro atoms. The predicted octanol–water partition coefficient (Wildman–Crippen LogP) is 3.01. The van der Waals surface area contributed by atoms with E-state index in [1.165, 1.54) is 22.3 Å². The Morgan fingerprint density at radius 3 is 2.90 bits per heavy atom. The smallest absolute Gasteiger partial charge is 0.0991 e. The molecule has 0 aromatic heterocycles. The van der Waals surface area contributed by atoms with E-state index in [4.69, 9.17) is 11.0 Å². The molecule has 2 aromatic rings. The zero-order valence-electron chi connectivity index (χ0n) is 12.3. The molecule has 1 aliphatic rings. The molecule has 106 valence electrons. The summed E-state index contributed by atoms with van der Waals surface area (Å²) < 4.78 is 0. The van der Waals surface area contributed by atoms with Gasteiger partial charge in [0.1, 0.15) is 0 Å². The van der Waals surface area contributed by atoms with Crippen molar-refractivity contribution < 1.29 is 0 Å². The van der Waals surface area contributed by atoms with Gasteiger partial charge in [0.2, 0.25) is 0 Å². The first-order chi connectivity index (χ1) is 10.2. The minimum Gasteiger partial charge on any atom is -0.398 e. The Morgan fingerprint density at radius 2 is 2.14 bits per heavy atom. The molecule has 0 saturated carbocycles. The molecule has 2 N–H and O–H groups in total. The Morgan fingerprint density at radius 1 is 1.29 bits per heavy atom. The maximum absolute atomic E-state index is 8.94. The van der Waals surface area contributed by atoms with Crippen LogP contribution in [0.5, 0.6) is 0 Å². The third-order valence-electron chi connectivity index (χ3n) is 4.25. The fourth-order valence-corrected chi connectivity index (χ4v) is 2.98. The summed E-state index contributed by atoms with van der Waals surface area (Å²) in [6, 6.07) is 14.3. The van der Waals surface area contributed by atoms with Gasteiger partial charge in [-0.15, -0.1) is 0 Å². The minimum absolute atomic E-state index is 0.726. The summed E-state index contributed by atoms with van der Waals surface area (Å²) in [6.07, 6.45) is 1.05. The summed E-state index contributed by atoms with van der Waals surface area (Å²) in [6.45, 7) is 4.94. The van der Waals surface area contributed by atoms with Crippen molar-refractivity contribution >= 4 is 5.69 Å². The fraction of sp³-hybridized carbons (Fsp3) is 0.278. The maximum atomic E-state index is 8.94. The number of nitriles is 1. The molecule has 0 atom stereocenters. The molecular formula is C18H19N3. The molecule has 3 nitrogen and oxygen atoms in total. The first-order valence-corrected chi connectivity index (χ1v) is 7.25. The Hall–Kier alpha value is -2.31. The molecular weight excluding hydrogens is 258 g/mol. The highest BCUT2D eigenvalue weighted by Gasteiger charge is 2.18. The molecule has 0 amide bonds. The number of nitrogens with two attached hydrogens (primary N) is 1. The molecule has 0 bridgehead atoms. The number of nitrogen functional groups attached to an aromatic ring is 1. The van der Waals surface area contributed by atoms with Crippen molar-refractivity contribution in [2.45, 2.75) is 26.4 Å². The fourth-order valence-electron chi connectivity index (χ4n) is 2.98. The van der Waals surface area contributed by atoms with Crippen LogP contribution in [-0.2, 0) is 19.5 Å². The lowest BCUT2D eigenvalue weighted by atomic mass is 9.97. The van der Waals surface area contributed by atoms with Crippen LogP contribution in [0.3, 0.4) is 0 Å². The SMILES string of the molecule is Cc1cc(C#N)ccc1CN1CCc2cccc(N)c2C1. The number of nitrogens with zero attached hydrogens (tertiary/aromatic N) is 2. The van der Waals surface area contributed by atoms with Crippen LogP contribution >= 0.6 is 0 Å². The third kappa shape index (κ3) is 2.76. The molecule has 0 saturated heterocycles. The van der Waals surface area contributed by atoms with E-state index in [0.29, 0.717) is 0 Å². The molecule has 0 fully saturated rings. The van der Waals surface area contributed by atoms with Crippen molar-refractivity contribution in [3.63, 3.8) is 0 Å². The summed E-state index contributed by atoms with van der Waals surface area (Å²) in [5.74, 6) is 0. The van der Waals surface area contributed by atoms with E-state index < -0.39 is 0 Å². The first kappa shape index (κ1) is 13.7. The van der Waals surface area contributed by atoms with Crippen LogP contribution in [-0.4, -0.2) is 11.4 Å². The lowest BCUT2D eigenvalue weighted by Crippen LogP contribution is -2.30. The summed E-state index contributed by atoms with van der Waals surface area (Å²) >= 11 is 0. The van der Waals surface area contributed by atoms with E-state index in [-0.39, 0.29) is 0 Å². The average molecular weight is 277 g/mol. The molecule has 1 aliphatic heterocycles. The summed E-state index contributed by atoms with van der Waals surface area (Å²) in [7, 11) is 0. The molecule has 3 heteroatoms. The summed E-state index contributed by atoms with van der Waals surface area (Å²) in [5, 5.41) is 8.94. The van der Waals surface area contributed by atoms with Gasteiger partial charge in [0, 0.05) is 25.3 Å². The molecule has 3 rings (SSSR count). The molecule has 0 unspecified atom stereocenters. The minimum atomic E-state index is 0.726. The Labute approximate surface area is 125 Å². The summed E-state index contributed by atoms with van der Waals surface area (Å²) in [4.78, 5) is 2.42. The largest absolute Gasteiger partial charge is 0.398 e. The number of hydrogen-bond donors (Lipinski definition) is 1. The van der Waals surface area contributed by atoms with E-state index in [0.717, 1.165) is 37.3 Å². The quantitative estimate of drug-likeness (QED) is 0.858. The van der Waals surface area contributed by atoms with Crippen LogP contribution in [0.4, 0.5) is 5.69 Å². The van der Waals surface area contributed by atoms with Crippen LogP contribution in [0.15, 0.2) is 36.4 Å². The normalized spacial score (nSPS) is 14.5. The van der Waals surface area contributed by atoms with Crippen molar-refractivity contribution in [1.29, 1.82) is 5.26 Å². The van der Waals surface area contributed by atoms with Gasteiger partial charge in [0.15, 0.2) is 0 Å². The van der Waals surface area contributed by atoms with Gasteiger partial charge in [-0.2, -0.15) is 5.26 Å². The van der Waals surface area contributed by atoms with Gasteiger partial charge in [-0.1, -0.05) is 18.2 Å². The third-order valence-corrected chi connectivity index (χ3v) is 4.25. The number of rotatable bonds is 2. The summed E-state index contributed by atoms with van der Waals surface area (Å²) in [5.41, 5.74) is 12.8. The van der Waals surface area contributed by atoms with Gasteiger partial charge in [-0.05, 0) is 53.8 Å². The van der Waals surface area contributed by atoms with Gasteiger partial charge in [0.25, 0.3) is 0 Å². The maximum Gasteiger partial charge on any atom is 0.0991 e. The molecule has 1 heterocycles. The number of anilines is 1. The molecule has 2 aromatic carbocycles. The second-order valence-corrected chi connectivity index (χ2v) is 5.70. The highest BCUT2D eigenvalue weighted by molar-refractivity contribution is 5.51. The van der Waals surface area contributed by atoms with Gasteiger partial charge in [0.05, 0.1) is 11.6 Å². The van der Waals surface area contributed by atoms with Crippen molar-refractivity contribution in [3.8, 4) is 6.07 Å². The topological polar surface area (TPSA) is 53.0 Å². The van der Waals surface area contributed by atoms with Crippen molar-refractivity contribution in [1.82, 2.24) is 4.90 Å². The van der Waals surface area contributed by atoms with Crippen LogP contribution in [0.1, 0.15) is 27.8 Å². The highest BCUT2D eigenvalue weighted by Crippen LogP contribution is 2.25. The van der Waals surface area contributed by atoms with Crippen LogP contribution in [0.25, 0.3) is 0 Å². The van der Waals surface area contributed by atoms with E-state index in [1.54, 1.807) is 0 Å². The van der Waals surface area contributed by atoms with Gasteiger partial charge < -0.3 is 5.73 Å². The number of aryl methyl sites for hydroxylation is 1. The molecule has 0 aliphatic carbocycles. The van der Waals surface area contributed by atoms with Crippen molar-refractivity contribution in [2.24, 2.45) is 0 Å². The van der Waals surface area contributed by atoms with Gasteiger partial charge >= 0.3 is 0 Å². The molecule has 21 heavy (non-hydrogen) atoms. The monoisotopic (exact) mass is 277 g/mol. The Bertz CT molecular complexity index is 713. The zero-order valence-corrected chi connectivity index (χ0v) is 12.3. The zero-order chi connectivity index (χ0) is 14.8. The van der Waals surface area contributed by atoms with E-state index in [2.05, 4.69) is 30.0 Å². The lowest BCUT2D eigenvalue weighted by Gasteiger charge is -2.30. The highest BCUT2D eigenvalue weighted by atomic mass is 15.1. The van der Waals surface area contributed by atoms with Gasteiger partial charge in [-0.3, -0.25) is 4.90 Å². The number of fused-ring (bicyclic) bond motifs is 1. The Kier molecular flexibility index (Phi) is 3.64. The predicted molar refractivity (Wildman–Crippen MR) is 84.6 cm³/mol. The van der Waals surface area contributed by atoms with Crippen LogP contribution in [0, 0.1) is 18.3 Å². The Balaban J connectivity index is 1.79. The van der Waals surface area contributed by atoms with E-state index in [1.807, 2.05) is 24.3 Å². The molecule has 0 radical (unpaired) electrons. The van der Waals surface area contributed by atoms with Gasteiger partial charge in [-0.25, -0.2) is 0 Å². The first-order valence-electron chi connectivity index (χ1n) is 7.25. The van der Waals surface area contributed by atoms with Crippen molar-refractivity contribution in [2.75, 3.05) is 12.3 Å². The van der Waals surface area contributed by atoms with Crippen molar-refractivity contribution in [3.05, 3.63) is 64.2 Å². The number of benzene rings is 2. The van der Waals surface area contributed by atoms with E-state index in [9.17, 15) is 0 Å². The standard InChI is InChI=1S/C18H19N3/c1-13-9-14(10-19)5-6-16(13)11-21-8-7-15-3-2-4-18(20)17(15)12-21/h2-6,9H,7-8,11-12,20H2,1H3. The second kappa shape index (κ2) is 5.59. The van der Waals surface area contributed by atoms with Crippen LogP contribution in [0.2, 0.25) is 0 Å². The van der Waals surface area contributed by atoms with E-state index >= 15 is 0 Å².